The van der Waals surface area contributed by atoms with Crippen LogP contribution in [0.3, 0.4) is 0 Å². The van der Waals surface area contributed by atoms with Crippen molar-refractivity contribution in [2.75, 3.05) is 11.1 Å². The monoisotopic (exact) mass is 325 g/mol. The van der Waals surface area contributed by atoms with Gasteiger partial charge in [0.15, 0.2) is 0 Å². The molecule has 0 atom stereocenters. The molecule has 2 rings (SSSR count). The third-order valence-corrected chi connectivity index (χ3v) is 4.40. The van der Waals surface area contributed by atoms with Crippen LogP contribution in [0, 0.1) is 5.82 Å². The first kappa shape index (κ1) is 15.5. The standard InChI is InChI=1S/C14H12FNO3S2/c15-9-1-3-10(4-2-9)20-8-6-12(17)16-13-11(14(18)19)5-7-21-13/h1-5,7H,6,8H2,(H,16,17)(H,18,19). The van der Waals surface area contributed by atoms with E-state index in [4.69, 9.17) is 5.11 Å². The van der Waals surface area contributed by atoms with Crippen LogP contribution in [0.25, 0.3) is 0 Å². The summed E-state index contributed by atoms with van der Waals surface area (Å²) in [5, 5.41) is 13.5. The molecule has 21 heavy (non-hydrogen) atoms. The fourth-order valence-electron chi connectivity index (χ4n) is 1.56. The molecule has 0 aliphatic rings. The van der Waals surface area contributed by atoms with Gasteiger partial charge < -0.3 is 10.4 Å². The summed E-state index contributed by atoms with van der Waals surface area (Å²) in [5.74, 6) is -1.07. The molecule has 0 saturated heterocycles. The van der Waals surface area contributed by atoms with Crippen LogP contribution in [0.5, 0.6) is 0 Å². The molecule has 0 bridgehead atoms. The lowest BCUT2D eigenvalue weighted by molar-refractivity contribution is -0.115. The summed E-state index contributed by atoms with van der Waals surface area (Å²) in [6.07, 6.45) is 0.249. The number of aromatic carboxylic acids is 1. The van der Waals surface area contributed by atoms with Crippen molar-refractivity contribution in [1.29, 1.82) is 0 Å². The van der Waals surface area contributed by atoms with E-state index in [-0.39, 0.29) is 23.7 Å². The molecule has 7 heteroatoms. The normalized spacial score (nSPS) is 10.3. The molecule has 0 fully saturated rings. The maximum Gasteiger partial charge on any atom is 0.338 e. The van der Waals surface area contributed by atoms with Crippen LogP contribution in [-0.2, 0) is 4.79 Å². The Labute approximate surface area is 129 Å². The predicted octanol–water partition coefficient (Wildman–Crippen LogP) is 3.71. The summed E-state index contributed by atoms with van der Waals surface area (Å²) in [6.45, 7) is 0. The molecule has 0 spiro atoms. The molecule has 0 radical (unpaired) electrons. The second kappa shape index (κ2) is 7.24. The first-order valence-corrected chi connectivity index (χ1v) is 7.92. The lowest BCUT2D eigenvalue weighted by atomic mass is 10.3. The summed E-state index contributed by atoms with van der Waals surface area (Å²) < 4.78 is 12.7. The van der Waals surface area contributed by atoms with E-state index >= 15 is 0 Å². The molecular weight excluding hydrogens is 313 g/mol. The van der Waals surface area contributed by atoms with Gasteiger partial charge in [0, 0.05) is 17.1 Å². The number of carboxylic acids is 1. The second-order valence-corrected chi connectivity index (χ2v) is 6.15. The molecule has 0 aliphatic heterocycles. The lowest BCUT2D eigenvalue weighted by Crippen LogP contribution is -2.13. The minimum absolute atomic E-state index is 0.0968. The van der Waals surface area contributed by atoms with E-state index in [0.29, 0.717) is 10.8 Å². The largest absolute Gasteiger partial charge is 0.478 e. The molecule has 110 valence electrons. The Balaban J connectivity index is 1.81. The summed E-state index contributed by atoms with van der Waals surface area (Å²) in [6, 6.07) is 7.50. The molecule has 2 aromatic rings. The average molecular weight is 325 g/mol. The smallest absolute Gasteiger partial charge is 0.338 e. The Morgan fingerprint density at radius 1 is 1.24 bits per heavy atom. The van der Waals surface area contributed by atoms with Crippen LogP contribution >= 0.6 is 23.1 Å². The maximum atomic E-state index is 12.7. The topological polar surface area (TPSA) is 66.4 Å². The number of rotatable bonds is 6. The average Bonchev–Trinajstić information content (AvgIpc) is 2.89. The number of carbonyl (C=O) groups excluding carboxylic acids is 1. The summed E-state index contributed by atoms with van der Waals surface area (Å²) >= 11 is 2.62. The Hall–Kier alpha value is -1.86. The Kier molecular flexibility index (Phi) is 5.35. The number of hydrogen-bond acceptors (Lipinski definition) is 4. The van der Waals surface area contributed by atoms with Gasteiger partial charge >= 0.3 is 5.97 Å². The van der Waals surface area contributed by atoms with Crippen LogP contribution in [0.2, 0.25) is 0 Å². The van der Waals surface area contributed by atoms with Gasteiger partial charge in [-0.3, -0.25) is 4.79 Å². The molecule has 0 aliphatic carbocycles. The number of thioether (sulfide) groups is 1. The number of benzene rings is 1. The summed E-state index contributed by atoms with van der Waals surface area (Å²) in [4.78, 5) is 23.6. The van der Waals surface area contributed by atoms with E-state index < -0.39 is 5.97 Å². The second-order valence-electron chi connectivity index (χ2n) is 4.07. The van der Waals surface area contributed by atoms with Crippen molar-refractivity contribution in [3.05, 3.63) is 47.1 Å². The highest BCUT2D eigenvalue weighted by molar-refractivity contribution is 7.99. The Bertz CT molecular complexity index is 640. The van der Waals surface area contributed by atoms with Gasteiger partial charge in [0.25, 0.3) is 0 Å². The first-order valence-electron chi connectivity index (χ1n) is 6.05. The predicted molar refractivity (Wildman–Crippen MR) is 81.6 cm³/mol. The van der Waals surface area contributed by atoms with Crippen LogP contribution in [0.15, 0.2) is 40.6 Å². The van der Waals surface area contributed by atoms with Gasteiger partial charge in [0.1, 0.15) is 10.8 Å². The number of anilines is 1. The quantitative estimate of drug-likeness (QED) is 0.795. The van der Waals surface area contributed by atoms with E-state index in [9.17, 15) is 14.0 Å². The van der Waals surface area contributed by atoms with Gasteiger partial charge in [-0.2, -0.15) is 0 Å². The number of carboxylic acid groups (broad SMARTS) is 1. The SMILES string of the molecule is O=C(CCSc1ccc(F)cc1)Nc1sccc1C(=O)O. The van der Waals surface area contributed by atoms with Gasteiger partial charge in [-0.1, -0.05) is 0 Å². The van der Waals surface area contributed by atoms with E-state index in [2.05, 4.69) is 5.32 Å². The first-order chi connectivity index (χ1) is 10.1. The molecule has 4 nitrogen and oxygen atoms in total. The van der Waals surface area contributed by atoms with Gasteiger partial charge in [0.2, 0.25) is 5.91 Å². The zero-order valence-electron chi connectivity index (χ0n) is 10.8. The summed E-state index contributed by atoms with van der Waals surface area (Å²) in [7, 11) is 0. The molecule has 2 N–H and O–H groups in total. The third-order valence-electron chi connectivity index (χ3n) is 2.56. The number of nitrogens with one attached hydrogen (secondary N) is 1. The maximum absolute atomic E-state index is 12.7. The molecule has 0 saturated carbocycles. The van der Waals surface area contributed by atoms with Crippen molar-refractivity contribution >= 4 is 40.0 Å². The zero-order valence-corrected chi connectivity index (χ0v) is 12.5. The molecule has 1 aromatic carbocycles. The number of halogens is 1. The van der Waals surface area contributed by atoms with Crippen LogP contribution in [0.1, 0.15) is 16.8 Å². The Morgan fingerprint density at radius 3 is 2.62 bits per heavy atom. The minimum atomic E-state index is -1.06. The van der Waals surface area contributed by atoms with E-state index in [1.165, 1.54) is 41.3 Å². The molecular formula is C14H12FNO3S2. The van der Waals surface area contributed by atoms with Gasteiger partial charge in [-0.25, -0.2) is 9.18 Å². The fourth-order valence-corrected chi connectivity index (χ4v) is 3.20. The number of thiophene rings is 1. The summed E-state index contributed by atoms with van der Waals surface area (Å²) in [5.41, 5.74) is 0.0968. The molecule has 1 heterocycles. The molecule has 0 unspecified atom stereocenters. The molecule has 1 aromatic heterocycles. The molecule has 1 amide bonds. The van der Waals surface area contributed by atoms with E-state index in [1.54, 1.807) is 17.5 Å². The van der Waals surface area contributed by atoms with Gasteiger partial charge in [-0.15, -0.1) is 23.1 Å². The van der Waals surface area contributed by atoms with Crippen LogP contribution in [-0.4, -0.2) is 22.7 Å². The van der Waals surface area contributed by atoms with Crippen LogP contribution in [0.4, 0.5) is 9.39 Å². The number of hydrogen-bond donors (Lipinski definition) is 2. The highest BCUT2D eigenvalue weighted by atomic mass is 32.2. The fraction of sp³-hybridized carbons (Fsp3) is 0.143. The lowest BCUT2D eigenvalue weighted by Gasteiger charge is -2.04. The Morgan fingerprint density at radius 2 is 1.95 bits per heavy atom. The van der Waals surface area contributed by atoms with Crippen molar-refractivity contribution in [3.63, 3.8) is 0 Å². The highest BCUT2D eigenvalue weighted by Crippen LogP contribution is 2.24. The van der Waals surface area contributed by atoms with E-state index in [1.807, 2.05) is 0 Å². The zero-order chi connectivity index (χ0) is 15.2. The van der Waals surface area contributed by atoms with Crippen molar-refractivity contribution in [2.45, 2.75) is 11.3 Å². The van der Waals surface area contributed by atoms with Gasteiger partial charge in [0.05, 0.1) is 5.56 Å². The minimum Gasteiger partial charge on any atom is -0.478 e. The van der Waals surface area contributed by atoms with Crippen molar-refractivity contribution < 1.29 is 19.1 Å². The van der Waals surface area contributed by atoms with Crippen molar-refractivity contribution in [3.8, 4) is 0 Å². The van der Waals surface area contributed by atoms with Gasteiger partial charge in [-0.05, 0) is 35.7 Å². The van der Waals surface area contributed by atoms with Crippen LogP contribution < -0.4 is 5.32 Å². The highest BCUT2D eigenvalue weighted by Gasteiger charge is 2.13. The van der Waals surface area contributed by atoms with Crippen molar-refractivity contribution in [2.24, 2.45) is 0 Å². The van der Waals surface area contributed by atoms with Crippen molar-refractivity contribution in [1.82, 2.24) is 0 Å². The number of carbonyl (C=O) groups is 2. The van der Waals surface area contributed by atoms with E-state index in [0.717, 1.165) is 4.90 Å². The third kappa shape index (κ3) is 4.57. The number of amides is 1.